The Balaban J connectivity index is 2.94. The number of carbonyl (C=O) groups is 2. The van der Waals surface area contributed by atoms with Crippen molar-refractivity contribution in [2.24, 2.45) is 0 Å². The molecule has 6 nitrogen and oxygen atoms in total. The molecular weight excluding hydrogens is 243 g/mol. The van der Waals surface area contributed by atoms with E-state index in [9.17, 15) is 19.1 Å². The van der Waals surface area contributed by atoms with Crippen LogP contribution in [-0.2, 0) is 4.79 Å². The van der Waals surface area contributed by atoms with E-state index in [1.807, 2.05) is 0 Å². The summed E-state index contributed by atoms with van der Waals surface area (Å²) in [5.41, 5.74) is 5.32. The Hall–Kier alpha value is -2.15. The number of halogens is 1. The molecule has 1 aromatic rings. The minimum Gasteiger partial charge on any atom is -0.480 e. The van der Waals surface area contributed by atoms with Crippen molar-refractivity contribution in [1.29, 1.82) is 0 Å². The molecule has 0 saturated heterocycles. The van der Waals surface area contributed by atoms with Gasteiger partial charge in [0, 0.05) is 5.69 Å². The summed E-state index contributed by atoms with van der Waals surface area (Å²) in [5, 5.41) is 20.0. The van der Waals surface area contributed by atoms with E-state index in [1.54, 1.807) is 0 Å². The van der Waals surface area contributed by atoms with Gasteiger partial charge < -0.3 is 21.3 Å². The van der Waals surface area contributed by atoms with Gasteiger partial charge in [0.25, 0.3) is 5.91 Å². The lowest BCUT2D eigenvalue weighted by Crippen LogP contribution is -2.47. The normalized spacial score (nSPS) is 13.7. The molecule has 0 bridgehead atoms. The van der Waals surface area contributed by atoms with E-state index in [0.717, 1.165) is 12.1 Å². The molecule has 0 radical (unpaired) electrons. The van der Waals surface area contributed by atoms with Crippen LogP contribution in [0.4, 0.5) is 10.1 Å². The maximum atomic E-state index is 13.0. The number of nitrogens with two attached hydrogens (primary N) is 1. The Labute approximate surface area is 102 Å². The van der Waals surface area contributed by atoms with Crippen LogP contribution >= 0.6 is 0 Å². The van der Waals surface area contributed by atoms with Crippen LogP contribution < -0.4 is 11.1 Å². The molecule has 1 aromatic carbocycles. The number of aliphatic hydroxyl groups excluding tert-OH is 1. The fourth-order valence-corrected chi connectivity index (χ4v) is 1.33. The monoisotopic (exact) mass is 256 g/mol. The van der Waals surface area contributed by atoms with Crippen LogP contribution in [0.2, 0.25) is 0 Å². The molecule has 5 N–H and O–H groups in total. The van der Waals surface area contributed by atoms with Crippen molar-refractivity contribution in [2.45, 2.75) is 19.1 Å². The second-order valence-corrected chi connectivity index (χ2v) is 3.76. The van der Waals surface area contributed by atoms with Crippen LogP contribution in [0, 0.1) is 5.82 Å². The minimum absolute atomic E-state index is 0.0173. The topological polar surface area (TPSA) is 113 Å². The van der Waals surface area contributed by atoms with Gasteiger partial charge in [-0.1, -0.05) is 0 Å². The summed E-state index contributed by atoms with van der Waals surface area (Å²) in [6, 6.07) is 1.68. The van der Waals surface area contributed by atoms with Gasteiger partial charge in [-0.2, -0.15) is 0 Å². The first-order valence-electron chi connectivity index (χ1n) is 5.09. The predicted octanol–water partition coefficient (Wildman–Crippen LogP) is -0.0283. The van der Waals surface area contributed by atoms with E-state index in [2.05, 4.69) is 5.32 Å². The van der Waals surface area contributed by atoms with Crippen molar-refractivity contribution in [3.05, 3.63) is 29.6 Å². The standard InChI is InChI=1S/C11H13FN2O4/c1-5(15)9(11(17)18)14-10(16)7-4-6(12)2-3-8(7)13/h2-5,9,15H,13H2,1H3,(H,14,16)(H,17,18). The number of aliphatic carboxylic acids is 1. The van der Waals surface area contributed by atoms with Gasteiger partial charge in [0.1, 0.15) is 5.82 Å². The second-order valence-electron chi connectivity index (χ2n) is 3.76. The highest BCUT2D eigenvalue weighted by atomic mass is 19.1. The van der Waals surface area contributed by atoms with Gasteiger partial charge >= 0.3 is 5.97 Å². The average Bonchev–Trinajstić information content (AvgIpc) is 2.28. The van der Waals surface area contributed by atoms with Crippen molar-refractivity contribution in [2.75, 3.05) is 5.73 Å². The molecule has 0 fully saturated rings. The number of nitrogens with one attached hydrogen (secondary N) is 1. The number of carboxylic acids is 1. The lowest BCUT2D eigenvalue weighted by Gasteiger charge is -2.17. The first kappa shape index (κ1) is 13.9. The van der Waals surface area contributed by atoms with Gasteiger partial charge in [0.15, 0.2) is 6.04 Å². The second kappa shape index (κ2) is 5.46. The van der Waals surface area contributed by atoms with Crippen LogP contribution in [0.25, 0.3) is 0 Å². The van der Waals surface area contributed by atoms with E-state index in [-0.39, 0.29) is 11.3 Å². The number of rotatable bonds is 4. The molecule has 1 rings (SSSR count). The third kappa shape index (κ3) is 3.17. The number of anilines is 1. The zero-order valence-corrected chi connectivity index (χ0v) is 9.55. The molecule has 2 atom stereocenters. The molecule has 0 aliphatic rings. The summed E-state index contributed by atoms with van der Waals surface area (Å²) in [6.07, 6.45) is -1.29. The summed E-state index contributed by atoms with van der Waals surface area (Å²) < 4.78 is 13.0. The number of amides is 1. The maximum Gasteiger partial charge on any atom is 0.328 e. The number of hydrogen-bond acceptors (Lipinski definition) is 4. The van der Waals surface area contributed by atoms with Gasteiger partial charge in [0.05, 0.1) is 11.7 Å². The Morgan fingerprint density at radius 1 is 1.44 bits per heavy atom. The first-order chi connectivity index (χ1) is 8.32. The Morgan fingerprint density at radius 3 is 2.56 bits per heavy atom. The van der Waals surface area contributed by atoms with Gasteiger partial charge in [-0.3, -0.25) is 4.79 Å². The molecule has 0 saturated carbocycles. The minimum atomic E-state index is -1.49. The van der Waals surface area contributed by atoms with Crippen LogP contribution in [0.1, 0.15) is 17.3 Å². The summed E-state index contributed by atoms with van der Waals surface area (Å²) in [5.74, 6) is -2.92. The van der Waals surface area contributed by atoms with Gasteiger partial charge in [0.2, 0.25) is 0 Å². The highest BCUT2D eigenvalue weighted by Gasteiger charge is 2.26. The first-order valence-corrected chi connectivity index (χ1v) is 5.09. The molecule has 2 unspecified atom stereocenters. The Morgan fingerprint density at radius 2 is 2.06 bits per heavy atom. The number of carbonyl (C=O) groups excluding carboxylic acids is 1. The average molecular weight is 256 g/mol. The van der Waals surface area contributed by atoms with Crippen molar-refractivity contribution in [3.8, 4) is 0 Å². The number of hydrogen-bond donors (Lipinski definition) is 4. The number of carboxylic acid groups (broad SMARTS) is 1. The van der Waals surface area contributed by atoms with Crippen LogP contribution in [0.15, 0.2) is 18.2 Å². The van der Waals surface area contributed by atoms with E-state index >= 15 is 0 Å². The van der Waals surface area contributed by atoms with Crippen LogP contribution in [0.5, 0.6) is 0 Å². The van der Waals surface area contributed by atoms with Gasteiger partial charge in [-0.25, -0.2) is 9.18 Å². The lowest BCUT2D eigenvalue weighted by atomic mass is 10.1. The van der Waals surface area contributed by atoms with Gasteiger partial charge in [-0.05, 0) is 25.1 Å². The molecular formula is C11H13FN2O4. The zero-order chi connectivity index (χ0) is 13.9. The summed E-state index contributed by atoms with van der Waals surface area (Å²) in [4.78, 5) is 22.5. The lowest BCUT2D eigenvalue weighted by molar-refractivity contribution is -0.141. The van der Waals surface area contributed by atoms with E-state index < -0.39 is 29.8 Å². The van der Waals surface area contributed by atoms with E-state index in [4.69, 9.17) is 10.8 Å². The number of aliphatic hydroxyl groups is 1. The predicted molar refractivity (Wildman–Crippen MR) is 61.4 cm³/mol. The maximum absolute atomic E-state index is 13.0. The molecule has 1 amide bonds. The van der Waals surface area contributed by atoms with Crippen LogP contribution in [0.3, 0.4) is 0 Å². The van der Waals surface area contributed by atoms with E-state index in [0.29, 0.717) is 0 Å². The highest BCUT2D eigenvalue weighted by molar-refractivity contribution is 6.00. The molecule has 0 aliphatic carbocycles. The van der Waals surface area contributed by atoms with Crippen LogP contribution in [-0.4, -0.2) is 34.2 Å². The Bertz CT molecular complexity index is 476. The SMILES string of the molecule is CC(O)C(NC(=O)c1cc(F)ccc1N)C(=O)O. The molecule has 0 aromatic heterocycles. The largest absolute Gasteiger partial charge is 0.480 e. The quantitative estimate of drug-likeness (QED) is 0.565. The summed E-state index contributed by atoms with van der Waals surface area (Å²) in [6.45, 7) is 1.22. The third-order valence-electron chi connectivity index (χ3n) is 2.30. The zero-order valence-electron chi connectivity index (χ0n) is 9.55. The molecule has 7 heteroatoms. The fraction of sp³-hybridized carbons (Fsp3) is 0.273. The number of nitrogen functional groups attached to an aromatic ring is 1. The molecule has 18 heavy (non-hydrogen) atoms. The molecule has 98 valence electrons. The molecule has 0 spiro atoms. The smallest absolute Gasteiger partial charge is 0.328 e. The fourth-order valence-electron chi connectivity index (χ4n) is 1.33. The third-order valence-corrected chi connectivity index (χ3v) is 2.30. The summed E-state index contributed by atoms with van der Waals surface area (Å²) in [7, 11) is 0. The van der Waals surface area contributed by atoms with E-state index in [1.165, 1.54) is 13.0 Å². The van der Waals surface area contributed by atoms with Gasteiger partial charge in [-0.15, -0.1) is 0 Å². The molecule has 0 aliphatic heterocycles. The van der Waals surface area contributed by atoms with Crippen molar-refractivity contribution < 1.29 is 24.2 Å². The summed E-state index contributed by atoms with van der Waals surface area (Å²) >= 11 is 0. The van der Waals surface area contributed by atoms with Crippen molar-refractivity contribution in [1.82, 2.24) is 5.32 Å². The Kier molecular flexibility index (Phi) is 4.22. The van der Waals surface area contributed by atoms with Crippen molar-refractivity contribution >= 4 is 17.6 Å². The van der Waals surface area contributed by atoms with Crippen molar-refractivity contribution in [3.63, 3.8) is 0 Å². The highest BCUT2D eigenvalue weighted by Crippen LogP contribution is 2.13. The molecule has 0 heterocycles. The number of benzene rings is 1.